The van der Waals surface area contributed by atoms with Gasteiger partial charge in [0.2, 0.25) is 10.0 Å². The molecule has 1 aromatic carbocycles. The maximum absolute atomic E-state index is 12.6. The van der Waals surface area contributed by atoms with Crippen molar-refractivity contribution in [2.45, 2.75) is 30.5 Å². The average molecular weight is 331 g/mol. The zero-order valence-electron chi connectivity index (χ0n) is 12.6. The lowest BCUT2D eigenvalue weighted by Gasteiger charge is -2.35. The molecule has 0 aliphatic carbocycles. The second-order valence-electron chi connectivity index (χ2n) is 5.83. The minimum atomic E-state index is -3.26. The number of benzene rings is 1. The molecule has 0 saturated carbocycles. The Morgan fingerprint density at radius 2 is 2.05 bits per heavy atom. The molecule has 21 heavy (non-hydrogen) atoms. The largest absolute Gasteiger partial charge is 0.305 e. The van der Waals surface area contributed by atoms with Crippen LogP contribution in [0.15, 0.2) is 24.3 Å². The van der Waals surface area contributed by atoms with Crippen LogP contribution < -0.4 is 0 Å². The van der Waals surface area contributed by atoms with Crippen molar-refractivity contribution in [1.29, 1.82) is 0 Å². The van der Waals surface area contributed by atoms with Gasteiger partial charge in [-0.3, -0.25) is 0 Å². The maximum Gasteiger partial charge on any atom is 0.218 e. The SMILES string of the molecule is CN(C)C1CCCN(S(=O)(=O)Cc2cccc(CCl)c2)C1. The number of halogens is 1. The predicted octanol–water partition coefficient (Wildman–Crippen LogP) is 2.28. The van der Waals surface area contributed by atoms with E-state index in [0.717, 1.165) is 24.0 Å². The summed E-state index contributed by atoms with van der Waals surface area (Å²) in [6.45, 7) is 1.21. The lowest BCUT2D eigenvalue weighted by molar-refractivity contribution is 0.190. The summed E-state index contributed by atoms with van der Waals surface area (Å²) in [6.07, 6.45) is 1.98. The Balaban J connectivity index is 2.10. The average Bonchev–Trinajstić information content (AvgIpc) is 2.47. The van der Waals surface area contributed by atoms with E-state index < -0.39 is 10.0 Å². The van der Waals surface area contributed by atoms with Crippen LogP contribution in [0.3, 0.4) is 0 Å². The summed E-state index contributed by atoms with van der Waals surface area (Å²) in [5.41, 5.74) is 1.76. The monoisotopic (exact) mass is 330 g/mol. The van der Waals surface area contributed by atoms with Crippen molar-refractivity contribution in [3.63, 3.8) is 0 Å². The van der Waals surface area contributed by atoms with Crippen LogP contribution in [0, 0.1) is 0 Å². The van der Waals surface area contributed by atoms with Crippen molar-refractivity contribution < 1.29 is 8.42 Å². The van der Waals surface area contributed by atoms with E-state index in [-0.39, 0.29) is 5.75 Å². The van der Waals surface area contributed by atoms with Gasteiger partial charge in [-0.15, -0.1) is 11.6 Å². The van der Waals surface area contributed by atoms with Crippen molar-refractivity contribution in [3.05, 3.63) is 35.4 Å². The lowest BCUT2D eigenvalue weighted by Crippen LogP contribution is -2.47. The second-order valence-corrected chi connectivity index (χ2v) is 8.06. The van der Waals surface area contributed by atoms with Gasteiger partial charge < -0.3 is 4.90 Å². The molecule has 1 aromatic rings. The van der Waals surface area contributed by atoms with E-state index in [0.29, 0.717) is 25.0 Å². The fraction of sp³-hybridized carbons (Fsp3) is 0.600. The summed E-state index contributed by atoms with van der Waals surface area (Å²) in [6, 6.07) is 7.80. The summed E-state index contributed by atoms with van der Waals surface area (Å²) in [5.74, 6) is 0.457. The summed E-state index contributed by atoms with van der Waals surface area (Å²) in [7, 11) is 0.745. The Kier molecular flexibility index (Phi) is 5.66. The van der Waals surface area contributed by atoms with E-state index in [1.165, 1.54) is 0 Å². The van der Waals surface area contributed by atoms with Crippen LogP contribution in [0.25, 0.3) is 0 Å². The molecular weight excluding hydrogens is 308 g/mol. The summed E-state index contributed by atoms with van der Waals surface area (Å²) in [5, 5.41) is 0. The Hall–Kier alpha value is -0.620. The van der Waals surface area contributed by atoms with Crippen molar-refractivity contribution >= 4 is 21.6 Å². The van der Waals surface area contributed by atoms with E-state index in [1.54, 1.807) is 4.31 Å². The van der Waals surface area contributed by atoms with Crippen LogP contribution in [0.1, 0.15) is 24.0 Å². The molecule has 0 amide bonds. The molecule has 2 rings (SSSR count). The van der Waals surface area contributed by atoms with Gasteiger partial charge in [-0.1, -0.05) is 24.3 Å². The van der Waals surface area contributed by atoms with Crippen molar-refractivity contribution in [2.75, 3.05) is 27.2 Å². The highest BCUT2D eigenvalue weighted by Gasteiger charge is 2.29. The second kappa shape index (κ2) is 7.09. The zero-order chi connectivity index (χ0) is 15.5. The first-order chi connectivity index (χ1) is 9.92. The van der Waals surface area contributed by atoms with Gasteiger partial charge in [0.15, 0.2) is 0 Å². The van der Waals surface area contributed by atoms with Gasteiger partial charge in [-0.05, 0) is 38.1 Å². The molecule has 1 unspecified atom stereocenters. The maximum atomic E-state index is 12.6. The molecule has 1 aliphatic rings. The highest BCUT2D eigenvalue weighted by atomic mass is 35.5. The van der Waals surface area contributed by atoms with Crippen LogP contribution in [0.5, 0.6) is 0 Å². The van der Waals surface area contributed by atoms with Gasteiger partial charge in [0.1, 0.15) is 0 Å². The van der Waals surface area contributed by atoms with Crippen molar-refractivity contribution in [1.82, 2.24) is 9.21 Å². The molecule has 0 aromatic heterocycles. The quantitative estimate of drug-likeness (QED) is 0.778. The minimum Gasteiger partial charge on any atom is -0.305 e. The zero-order valence-corrected chi connectivity index (χ0v) is 14.2. The van der Waals surface area contributed by atoms with Gasteiger partial charge in [0.05, 0.1) is 5.75 Å². The van der Waals surface area contributed by atoms with Gasteiger partial charge in [-0.2, -0.15) is 0 Å². The Labute approximate surface area is 132 Å². The third-order valence-electron chi connectivity index (χ3n) is 3.98. The molecule has 0 N–H and O–H groups in total. The number of hydrogen-bond acceptors (Lipinski definition) is 3. The number of alkyl halides is 1. The van der Waals surface area contributed by atoms with Crippen LogP contribution in [-0.2, 0) is 21.7 Å². The van der Waals surface area contributed by atoms with Crippen molar-refractivity contribution in [3.8, 4) is 0 Å². The van der Waals surface area contributed by atoms with Gasteiger partial charge in [0.25, 0.3) is 0 Å². The summed E-state index contributed by atoms with van der Waals surface area (Å²) >= 11 is 5.81. The molecule has 4 nitrogen and oxygen atoms in total. The molecule has 1 atom stereocenters. The minimum absolute atomic E-state index is 0.0534. The lowest BCUT2D eigenvalue weighted by atomic mass is 10.1. The van der Waals surface area contributed by atoms with E-state index in [1.807, 2.05) is 38.4 Å². The Morgan fingerprint density at radius 3 is 2.71 bits per heavy atom. The first-order valence-corrected chi connectivity index (χ1v) is 9.35. The third kappa shape index (κ3) is 4.42. The smallest absolute Gasteiger partial charge is 0.218 e. The molecule has 1 fully saturated rings. The molecule has 1 heterocycles. The molecule has 1 saturated heterocycles. The van der Waals surface area contributed by atoms with Crippen LogP contribution in [0.2, 0.25) is 0 Å². The first kappa shape index (κ1) is 16.7. The number of piperidine rings is 1. The molecule has 0 radical (unpaired) electrons. The highest BCUT2D eigenvalue weighted by Crippen LogP contribution is 2.20. The molecule has 0 spiro atoms. The molecule has 0 bridgehead atoms. The molecule has 118 valence electrons. The third-order valence-corrected chi connectivity index (χ3v) is 6.10. The highest BCUT2D eigenvalue weighted by molar-refractivity contribution is 7.88. The van der Waals surface area contributed by atoms with Gasteiger partial charge in [-0.25, -0.2) is 12.7 Å². The number of rotatable bonds is 5. The molecular formula is C15H23ClN2O2S. The fourth-order valence-electron chi connectivity index (χ4n) is 2.70. The predicted molar refractivity (Wildman–Crippen MR) is 86.9 cm³/mol. The Bertz CT molecular complexity index is 575. The van der Waals surface area contributed by atoms with Gasteiger partial charge >= 0.3 is 0 Å². The summed E-state index contributed by atoms with van der Waals surface area (Å²) < 4.78 is 26.8. The van der Waals surface area contributed by atoms with Crippen molar-refractivity contribution in [2.24, 2.45) is 0 Å². The normalized spacial score (nSPS) is 20.9. The van der Waals surface area contributed by atoms with Crippen LogP contribution >= 0.6 is 11.6 Å². The van der Waals surface area contributed by atoms with Crippen LogP contribution in [-0.4, -0.2) is 50.8 Å². The van der Waals surface area contributed by atoms with E-state index >= 15 is 0 Å². The van der Waals surface area contributed by atoms with E-state index in [4.69, 9.17) is 11.6 Å². The number of hydrogen-bond donors (Lipinski definition) is 0. The van der Waals surface area contributed by atoms with E-state index in [9.17, 15) is 8.42 Å². The van der Waals surface area contributed by atoms with Gasteiger partial charge in [0, 0.05) is 25.0 Å². The topological polar surface area (TPSA) is 40.6 Å². The first-order valence-electron chi connectivity index (χ1n) is 7.20. The molecule has 1 aliphatic heterocycles. The fourth-order valence-corrected chi connectivity index (χ4v) is 4.46. The number of nitrogens with zero attached hydrogens (tertiary/aromatic N) is 2. The summed E-state index contributed by atoms with van der Waals surface area (Å²) in [4.78, 5) is 2.11. The Morgan fingerprint density at radius 1 is 1.33 bits per heavy atom. The van der Waals surface area contributed by atoms with Crippen LogP contribution in [0.4, 0.5) is 0 Å². The van der Waals surface area contributed by atoms with E-state index in [2.05, 4.69) is 4.90 Å². The number of likely N-dealkylation sites (N-methyl/N-ethyl adjacent to an activating group) is 1. The standard InChI is InChI=1S/C15H23ClN2O2S/c1-17(2)15-7-4-8-18(11-15)21(19,20)12-14-6-3-5-13(9-14)10-16/h3,5-6,9,15H,4,7-8,10-12H2,1-2H3. The number of sulfonamides is 1. The molecule has 6 heteroatoms.